The zero-order valence-electron chi connectivity index (χ0n) is 17.1. The van der Waals surface area contributed by atoms with E-state index in [-0.39, 0.29) is 17.1 Å². The fourth-order valence-electron chi connectivity index (χ4n) is 5.78. The van der Waals surface area contributed by atoms with Gasteiger partial charge in [0.15, 0.2) is 0 Å². The van der Waals surface area contributed by atoms with Gasteiger partial charge < -0.3 is 19.7 Å². The minimum atomic E-state index is -0.470. The van der Waals surface area contributed by atoms with Gasteiger partial charge in [-0.2, -0.15) is 0 Å². The van der Waals surface area contributed by atoms with E-state index in [1.54, 1.807) is 12.1 Å². The first kappa shape index (κ1) is 17.9. The third kappa shape index (κ3) is 2.38. The smallest absolute Gasteiger partial charge is 0.344 e. The van der Waals surface area contributed by atoms with Crippen molar-refractivity contribution in [3.63, 3.8) is 0 Å². The second kappa shape index (κ2) is 5.81. The number of fused-ring (bicyclic) bond motifs is 8. The van der Waals surface area contributed by atoms with Crippen molar-refractivity contribution in [2.45, 2.75) is 63.4 Å². The average Bonchev–Trinajstić information content (AvgIpc) is 3.38. The predicted octanol–water partition coefficient (Wildman–Crippen LogP) is 5.03. The van der Waals surface area contributed by atoms with E-state index in [9.17, 15) is 15.0 Å². The lowest BCUT2D eigenvalue weighted by Crippen LogP contribution is -2.34. The van der Waals surface area contributed by atoms with Gasteiger partial charge in [0.1, 0.15) is 28.6 Å². The number of benzene rings is 2. The molecule has 2 atom stereocenters. The number of phenolic OH excluding ortho intramolecular Hbond substituents is 2. The standard InChI is InChI=1S/C25H24O5/c1-25(2)8-7-15-17(11-18-16-10-14(26)5-6-19(16)29-24(18)28)22(27)20-12-3-4-13(9-12)21(20)23(15)30-25/h5-6,10-13,26-27H,3-4,7-9H2,1-2H3/b18-11-. The normalized spacial score (nSPS) is 26.2. The van der Waals surface area contributed by atoms with E-state index in [4.69, 9.17) is 9.47 Å². The average molecular weight is 404 g/mol. The first-order valence-electron chi connectivity index (χ1n) is 10.7. The Bertz CT molecular complexity index is 1160. The van der Waals surface area contributed by atoms with Crippen LogP contribution >= 0.6 is 0 Å². The fraction of sp³-hybridized carbons (Fsp3) is 0.400. The molecule has 2 aliphatic heterocycles. The molecule has 0 radical (unpaired) electrons. The molecule has 0 aromatic heterocycles. The zero-order chi connectivity index (χ0) is 20.8. The predicted molar refractivity (Wildman–Crippen MR) is 112 cm³/mol. The maximum Gasteiger partial charge on any atom is 0.344 e. The summed E-state index contributed by atoms with van der Waals surface area (Å²) in [5.74, 6) is 2.04. The van der Waals surface area contributed by atoms with Crippen LogP contribution in [-0.4, -0.2) is 21.8 Å². The van der Waals surface area contributed by atoms with E-state index in [1.165, 1.54) is 17.7 Å². The van der Waals surface area contributed by atoms with Crippen molar-refractivity contribution in [2.75, 3.05) is 0 Å². The summed E-state index contributed by atoms with van der Waals surface area (Å²) in [6.45, 7) is 4.21. The van der Waals surface area contributed by atoms with Crippen LogP contribution in [0.3, 0.4) is 0 Å². The van der Waals surface area contributed by atoms with Crippen LogP contribution in [0, 0.1) is 0 Å². The summed E-state index contributed by atoms with van der Waals surface area (Å²) in [6, 6.07) is 4.62. The highest BCUT2D eigenvalue weighted by Gasteiger charge is 2.45. The quantitative estimate of drug-likeness (QED) is 0.396. The van der Waals surface area contributed by atoms with Crippen LogP contribution in [0.15, 0.2) is 18.2 Å². The van der Waals surface area contributed by atoms with Crippen LogP contribution < -0.4 is 9.47 Å². The highest BCUT2D eigenvalue weighted by atomic mass is 16.5. The molecule has 2 unspecified atom stereocenters. The summed E-state index contributed by atoms with van der Waals surface area (Å²) in [5, 5.41) is 21.3. The van der Waals surface area contributed by atoms with Gasteiger partial charge in [-0.15, -0.1) is 0 Å². The van der Waals surface area contributed by atoms with Gasteiger partial charge in [0, 0.05) is 27.8 Å². The monoisotopic (exact) mass is 404 g/mol. The molecule has 2 aliphatic carbocycles. The van der Waals surface area contributed by atoms with Crippen molar-refractivity contribution in [2.24, 2.45) is 0 Å². The van der Waals surface area contributed by atoms with Gasteiger partial charge >= 0.3 is 5.97 Å². The van der Waals surface area contributed by atoms with Crippen LogP contribution in [0.25, 0.3) is 11.6 Å². The molecule has 4 aliphatic rings. The molecule has 154 valence electrons. The molecule has 2 heterocycles. The summed E-state index contributed by atoms with van der Waals surface area (Å²) in [7, 11) is 0. The second-order valence-electron chi connectivity index (χ2n) is 9.59. The number of ether oxygens (including phenoxy) is 2. The second-order valence-corrected chi connectivity index (χ2v) is 9.59. The van der Waals surface area contributed by atoms with Crippen molar-refractivity contribution >= 4 is 17.6 Å². The number of phenols is 2. The highest BCUT2D eigenvalue weighted by molar-refractivity contribution is 6.26. The molecule has 2 aromatic carbocycles. The van der Waals surface area contributed by atoms with Gasteiger partial charge in [-0.25, -0.2) is 4.79 Å². The number of hydrogen-bond acceptors (Lipinski definition) is 5. The fourth-order valence-corrected chi connectivity index (χ4v) is 5.78. The molecule has 2 bridgehead atoms. The molecule has 2 N–H and O–H groups in total. The van der Waals surface area contributed by atoms with Crippen molar-refractivity contribution in [1.29, 1.82) is 0 Å². The van der Waals surface area contributed by atoms with Crippen molar-refractivity contribution < 1.29 is 24.5 Å². The maximum absolute atomic E-state index is 12.6. The van der Waals surface area contributed by atoms with Crippen LogP contribution in [0.4, 0.5) is 0 Å². The van der Waals surface area contributed by atoms with Crippen LogP contribution in [0.5, 0.6) is 23.0 Å². The Labute approximate surface area is 174 Å². The van der Waals surface area contributed by atoms with E-state index >= 15 is 0 Å². The first-order valence-corrected chi connectivity index (χ1v) is 10.7. The van der Waals surface area contributed by atoms with Gasteiger partial charge in [-0.05, 0) is 82.1 Å². The summed E-state index contributed by atoms with van der Waals surface area (Å²) in [5.41, 5.74) is 4.49. The van der Waals surface area contributed by atoms with Gasteiger partial charge in [0.05, 0.1) is 5.57 Å². The largest absolute Gasteiger partial charge is 0.508 e. The van der Waals surface area contributed by atoms with E-state index in [1.807, 2.05) is 0 Å². The highest BCUT2D eigenvalue weighted by Crippen LogP contribution is 2.62. The minimum Gasteiger partial charge on any atom is -0.508 e. The molecule has 5 heteroatoms. The van der Waals surface area contributed by atoms with Crippen LogP contribution in [0.2, 0.25) is 0 Å². The molecule has 0 saturated heterocycles. The van der Waals surface area contributed by atoms with Crippen molar-refractivity contribution in [3.05, 3.63) is 46.0 Å². The molecular weight excluding hydrogens is 380 g/mol. The summed E-state index contributed by atoms with van der Waals surface area (Å²) < 4.78 is 11.9. The SMILES string of the molecule is CC1(C)CCc2c(/C=C3\C(=O)Oc4ccc(O)cc43)c(O)c3c(c2O1)C1CCC3C1. The van der Waals surface area contributed by atoms with E-state index in [0.29, 0.717) is 34.3 Å². The third-order valence-electron chi connectivity index (χ3n) is 7.21. The summed E-state index contributed by atoms with van der Waals surface area (Å²) >= 11 is 0. The molecular formula is C25H24O5. The Kier molecular flexibility index (Phi) is 3.46. The molecule has 1 saturated carbocycles. The molecule has 5 nitrogen and oxygen atoms in total. The van der Waals surface area contributed by atoms with Gasteiger partial charge in [-0.3, -0.25) is 0 Å². The molecule has 30 heavy (non-hydrogen) atoms. The summed E-state index contributed by atoms with van der Waals surface area (Å²) in [4.78, 5) is 12.6. The Morgan fingerprint density at radius 1 is 1.13 bits per heavy atom. The van der Waals surface area contributed by atoms with Crippen molar-refractivity contribution in [3.8, 4) is 23.0 Å². The topological polar surface area (TPSA) is 76.0 Å². The van der Waals surface area contributed by atoms with Gasteiger partial charge in [0.25, 0.3) is 0 Å². The van der Waals surface area contributed by atoms with E-state index < -0.39 is 5.97 Å². The molecule has 1 fully saturated rings. The van der Waals surface area contributed by atoms with Gasteiger partial charge in [-0.1, -0.05) is 0 Å². The van der Waals surface area contributed by atoms with Crippen LogP contribution in [0.1, 0.15) is 79.2 Å². The lowest BCUT2D eigenvalue weighted by atomic mass is 9.81. The number of rotatable bonds is 1. The number of hydrogen-bond donors (Lipinski definition) is 2. The Balaban J connectivity index is 1.60. The molecule has 2 aromatic rings. The number of carbonyl (C=O) groups is 1. The maximum atomic E-state index is 12.6. The van der Waals surface area contributed by atoms with E-state index in [2.05, 4.69) is 13.8 Å². The summed E-state index contributed by atoms with van der Waals surface area (Å²) in [6.07, 6.45) is 6.65. The Hall–Kier alpha value is -2.95. The number of esters is 1. The molecule has 0 spiro atoms. The van der Waals surface area contributed by atoms with Crippen LogP contribution in [-0.2, 0) is 11.2 Å². The Morgan fingerprint density at radius 2 is 1.90 bits per heavy atom. The van der Waals surface area contributed by atoms with Crippen molar-refractivity contribution in [1.82, 2.24) is 0 Å². The third-order valence-corrected chi connectivity index (χ3v) is 7.21. The minimum absolute atomic E-state index is 0.0700. The first-order chi connectivity index (χ1) is 14.3. The lowest BCUT2D eigenvalue weighted by molar-refractivity contribution is -0.126. The lowest BCUT2D eigenvalue weighted by Gasteiger charge is -2.37. The van der Waals surface area contributed by atoms with Gasteiger partial charge in [0.2, 0.25) is 0 Å². The Morgan fingerprint density at radius 3 is 2.70 bits per heavy atom. The van der Waals surface area contributed by atoms with E-state index in [0.717, 1.165) is 49.0 Å². The number of carbonyl (C=O) groups excluding carboxylic acids is 1. The zero-order valence-corrected chi connectivity index (χ0v) is 17.1. The molecule has 6 rings (SSSR count). The number of aromatic hydroxyl groups is 2. The molecule has 0 amide bonds.